The molecule has 0 aliphatic carbocycles. The lowest BCUT2D eigenvalue weighted by Gasteiger charge is -2.05. The Balaban J connectivity index is 2.45. The number of carbonyl (C=O) groups excluding carboxylic acids is 1. The van der Waals surface area contributed by atoms with E-state index in [9.17, 15) is 13.6 Å². The van der Waals surface area contributed by atoms with E-state index in [1.165, 1.54) is 7.11 Å². The Labute approximate surface area is 97.2 Å². The van der Waals surface area contributed by atoms with Gasteiger partial charge in [-0.1, -0.05) is 0 Å². The first kappa shape index (κ1) is 13.4. The number of phenols is 1. The molecule has 2 N–H and O–H groups in total. The molecule has 4 nitrogen and oxygen atoms in total. The van der Waals surface area contributed by atoms with Crippen LogP contribution < -0.4 is 5.32 Å². The summed E-state index contributed by atoms with van der Waals surface area (Å²) >= 11 is 0. The Kier molecular flexibility index (Phi) is 4.84. The highest BCUT2D eigenvalue weighted by Crippen LogP contribution is 2.21. The van der Waals surface area contributed by atoms with E-state index in [0.717, 1.165) is 12.1 Å². The van der Waals surface area contributed by atoms with Crippen molar-refractivity contribution in [3.63, 3.8) is 0 Å². The lowest BCUT2D eigenvalue weighted by molar-refractivity contribution is -0.140. The molecule has 0 radical (unpaired) electrons. The van der Waals surface area contributed by atoms with Crippen molar-refractivity contribution in [1.29, 1.82) is 0 Å². The number of phenolic OH excluding ortho intramolecular Hbond substituents is 1. The smallest absolute Gasteiger partial charge is 0.306 e. The number of halogens is 2. The van der Waals surface area contributed by atoms with E-state index in [0.29, 0.717) is 12.1 Å². The van der Waals surface area contributed by atoms with Crippen molar-refractivity contribution in [3.8, 4) is 5.75 Å². The number of hydrogen-bond acceptors (Lipinski definition) is 4. The van der Waals surface area contributed by atoms with Gasteiger partial charge in [0.05, 0.1) is 13.5 Å². The summed E-state index contributed by atoms with van der Waals surface area (Å²) in [6.07, 6.45) is 0.180. The molecule has 0 aliphatic rings. The standard InChI is InChI=1S/C11H13F2NO3/c1-17-10(15)2-3-14-6-7-4-8(12)11(16)9(13)5-7/h4-5,14,16H,2-3,6H2,1H3. The van der Waals surface area contributed by atoms with Gasteiger partial charge < -0.3 is 15.2 Å². The van der Waals surface area contributed by atoms with Gasteiger partial charge in [0, 0.05) is 13.1 Å². The van der Waals surface area contributed by atoms with Gasteiger partial charge in [-0.15, -0.1) is 0 Å². The highest BCUT2D eigenvalue weighted by molar-refractivity contribution is 5.69. The largest absolute Gasteiger partial charge is 0.503 e. The average molecular weight is 245 g/mol. The minimum Gasteiger partial charge on any atom is -0.503 e. The predicted octanol–water partition coefficient (Wildman–Crippen LogP) is 1.32. The van der Waals surface area contributed by atoms with Crippen LogP contribution in [0.2, 0.25) is 0 Å². The van der Waals surface area contributed by atoms with Gasteiger partial charge in [-0.2, -0.15) is 0 Å². The maximum Gasteiger partial charge on any atom is 0.306 e. The Morgan fingerprint density at radius 1 is 1.41 bits per heavy atom. The summed E-state index contributed by atoms with van der Waals surface area (Å²) in [5.41, 5.74) is 0.350. The van der Waals surface area contributed by atoms with Gasteiger partial charge in [0.15, 0.2) is 17.4 Å². The number of aromatic hydroxyl groups is 1. The first-order valence-electron chi connectivity index (χ1n) is 4.99. The fourth-order valence-corrected chi connectivity index (χ4v) is 1.25. The molecule has 0 bridgehead atoms. The molecule has 0 aromatic heterocycles. The highest BCUT2D eigenvalue weighted by Gasteiger charge is 2.09. The molecule has 6 heteroatoms. The van der Waals surface area contributed by atoms with Gasteiger partial charge in [-0.25, -0.2) is 8.78 Å². The summed E-state index contributed by atoms with van der Waals surface area (Å²) in [5, 5.41) is 11.7. The third kappa shape index (κ3) is 3.99. The minimum absolute atomic E-state index is 0.180. The van der Waals surface area contributed by atoms with E-state index in [-0.39, 0.29) is 18.9 Å². The molecular weight excluding hydrogens is 232 g/mol. The average Bonchev–Trinajstić information content (AvgIpc) is 2.31. The number of benzene rings is 1. The molecule has 0 saturated heterocycles. The zero-order chi connectivity index (χ0) is 12.8. The van der Waals surface area contributed by atoms with E-state index >= 15 is 0 Å². The van der Waals surface area contributed by atoms with Crippen LogP contribution in [0.3, 0.4) is 0 Å². The van der Waals surface area contributed by atoms with E-state index in [1.54, 1.807) is 0 Å². The number of rotatable bonds is 5. The van der Waals surface area contributed by atoms with Gasteiger partial charge in [-0.05, 0) is 17.7 Å². The number of carbonyl (C=O) groups is 1. The van der Waals surface area contributed by atoms with Gasteiger partial charge in [-0.3, -0.25) is 4.79 Å². The zero-order valence-corrected chi connectivity index (χ0v) is 9.30. The van der Waals surface area contributed by atoms with Crippen molar-refractivity contribution in [2.45, 2.75) is 13.0 Å². The monoisotopic (exact) mass is 245 g/mol. The predicted molar refractivity (Wildman–Crippen MR) is 56.4 cm³/mol. The number of methoxy groups -OCH3 is 1. The van der Waals surface area contributed by atoms with Crippen LogP contribution in [-0.2, 0) is 16.1 Å². The SMILES string of the molecule is COC(=O)CCNCc1cc(F)c(O)c(F)c1. The van der Waals surface area contributed by atoms with E-state index in [1.807, 2.05) is 0 Å². The van der Waals surface area contributed by atoms with Crippen molar-refractivity contribution in [2.75, 3.05) is 13.7 Å². The van der Waals surface area contributed by atoms with E-state index in [4.69, 9.17) is 5.11 Å². The minimum atomic E-state index is -1.00. The molecule has 1 aromatic rings. The van der Waals surface area contributed by atoms with E-state index < -0.39 is 17.4 Å². The Bertz CT molecular complexity index is 387. The van der Waals surface area contributed by atoms with Crippen LogP contribution in [0.5, 0.6) is 5.75 Å². The molecule has 0 amide bonds. The van der Waals surface area contributed by atoms with Crippen molar-refractivity contribution < 1.29 is 23.4 Å². The van der Waals surface area contributed by atoms with Crippen LogP contribution >= 0.6 is 0 Å². The Morgan fingerprint density at radius 3 is 2.53 bits per heavy atom. The molecule has 1 aromatic carbocycles. The molecule has 1 rings (SSSR count). The van der Waals surface area contributed by atoms with Crippen molar-refractivity contribution in [1.82, 2.24) is 5.32 Å². The lowest BCUT2D eigenvalue weighted by atomic mass is 10.2. The van der Waals surface area contributed by atoms with Gasteiger partial charge in [0.1, 0.15) is 0 Å². The molecular formula is C11H13F2NO3. The zero-order valence-electron chi connectivity index (χ0n) is 9.30. The number of esters is 1. The van der Waals surface area contributed by atoms with Crippen LogP contribution in [-0.4, -0.2) is 24.7 Å². The summed E-state index contributed by atoms with van der Waals surface area (Å²) in [7, 11) is 1.28. The van der Waals surface area contributed by atoms with Crippen molar-refractivity contribution in [3.05, 3.63) is 29.3 Å². The van der Waals surface area contributed by atoms with Crippen LogP contribution in [0.4, 0.5) is 8.78 Å². The first-order valence-corrected chi connectivity index (χ1v) is 4.99. The number of nitrogens with one attached hydrogen (secondary N) is 1. The van der Waals surface area contributed by atoms with Crippen LogP contribution in [0, 0.1) is 11.6 Å². The molecule has 0 atom stereocenters. The topological polar surface area (TPSA) is 58.6 Å². The fourth-order valence-electron chi connectivity index (χ4n) is 1.25. The number of ether oxygens (including phenoxy) is 1. The highest BCUT2D eigenvalue weighted by atomic mass is 19.1. The van der Waals surface area contributed by atoms with Crippen LogP contribution in [0.1, 0.15) is 12.0 Å². The van der Waals surface area contributed by atoms with Crippen molar-refractivity contribution >= 4 is 5.97 Å². The summed E-state index contributed by atoms with van der Waals surface area (Å²) < 4.78 is 30.3. The molecule has 0 unspecified atom stereocenters. The normalized spacial score (nSPS) is 10.3. The molecule has 94 valence electrons. The Morgan fingerprint density at radius 2 is 2.00 bits per heavy atom. The maximum atomic E-state index is 12.9. The third-order valence-electron chi connectivity index (χ3n) is 2.14. The first-order chi connectivity index (χ1) is 8.04. The second-order valence-corrected chi connectivity index (χ2v) is 3.41. The summed E-state index contributed by atoms with van der Waals surface area (Å²) in [5.74, 6) is -3.35. The van der Waals surface area contributed by atoms with Gasteiger partial charge in [0.2, 0.25) is 0 Å². The maximum absolute atomic E-state index is 12.9. The summed E-state index contributed by atoms with van der Waals surface area (Å²) in [6.45, 7) is 0.544. The molecule has 17 heavy (non-hydrogen) atoms. The van der Waals surface area contributed by atoms with Crippen LogP contribution in [0.25, 0.3) is 0 Å². The summed E-state index contributed by atoms with van der Waals surface area (Å²) in [4.78, 5) is 10.8. The van der Waals surface area contributed by atoms with Gasteiger partial charge in [0.25, 0.3) is 0 Å². The second-order valence-electron chi connectivity index (χ2n) is 3.41. The Hall–Kier alpha value is -1.69. The molecule has 0 saturated carbocycles. The lowest BCUT2D eigenvalue weighted by Crippen LogP contribution is -2.18. The number of hydrogen-bond donors (Lipinski definition) is 2. The summed E-state index contributed by atoms with van der Waals surface area (Å²) in [6, 6.07) is 2.06. The van der Waals surface area contributed by atoms with Crippen LogP contribution in [0.15, 0.2) is 12.1 Å². The van der Waals surface area contributed by atoms with E-state index in [2.05, 4.69) is 10.1 Å². The molecule has 0 aliphatic heterocycles. The molecule has 0 heterocycles. The second kappa shape index (κ2) is 6.15. The molecule has 0 spiro atoms. The van der Waals surface area contributed by atoms with Gasteiger partial charge >= 0.3 is 5.97 Å². The quantitative estimate of drug-likeness (QED) is 0.607. The van der Waals surface area contributed by atoms with Crippen molar-refractivity contribution in [2.24, 2.45) is 0 Å². The molecule has 0 fully saturated rings. The fraction of sp³-hybridized carbons (Fsp3) is 0.364. The third-order valence-corrected chi connectivity index (χ3v) is 2.14.